The Balaban J connectivity index is 1.45. The van der Waals surface area contributed by atoms with Crippen LogP contribution in [0, 0.1) is 5.82 Å². The van der Waals surface area contributed by atoms with Crippen molar-refractivity contribution in [3.63, 3.8) is 0 Å². The van der Waals surface area contributed by atoms with Crippen LogP contribution in [0.25, 0.3) is 11.1 Å². The lowest BCUT2D eigenvalue weighted by Crippen LogP contribution is -2.34. The van der Waals surface area contributed by atoms with E-state index in [9.17, 15) is 14.4 Å². The number of benzene rings is 2. The Bertz CT molecular complexity index is 1230. The SMILES string of the molecule is CC(=O)NC[C@H]1CN(c2ccc(-c3ccc(CC(NC(=O)CN)c4cn[nH]n4)cc3)c(F)c2)C(=O)O1. The molecule has 5 N–H and O–H groups in total. The molecule has 1 aliphatic rings. The highest BCUT2D eigenvalue weighted by atomic mass is 19.1. The minimum absolute atomic E-state index is 0.145. The Morgan fingerprint density at radius 3 is 2.69 bits per heavy atom. The van der Waals surface area contributed by atoms with Gasteiger partial charge in [0.15, 0.2) is 0 Å². The standard InChI is InChI=1S/C24H26FN7O4/c1-14(33)27-11-18-13-32(24(35)36-18)17-6-7-19(20(25)9-17)16-4-2-15(3-5-16)8-21(29-23(34)10-26)22-12-28-31-30-22/h2-7,9,12,18,21H,8,10-11,13,26H2,1H3,(H,27,33)(H,29,34)(H,28,30,31)/t18-,21?/m0/s1. The van der Waals surface area contributed by atoms with Crippen LogP contribution >= 0.6 is 0 Å². The molecule has 1 fully saturated rings. The van der Waals surface area contributed by atoms with Gasteiger partial charge in [0.25, 0.3) is 0 Å². The number of amides is 3. The van der Waals surface area contributed by atoms with E-state index in [1.807, 2.05) is 12.1 Å². The van der Waals surface area contributed by atoms with Gasteiger partial charge in [-0.15, -0.1) is 0 Å². The topological polar surface area (TPSA) is 155 Å². The lowest BCUT2D eigenvalue weighted by atomic mass is 9.99. The summed E-state index contributed by atoms with van der Waals surface area (Å²) in [5.41, 5.74) is 8.28. The molecule has 188 valence electrons. The highest BCUT2D eigenvalue weighted by Gasteiger charge is 2.32. The lowest BCUT2D eigenvalue weighted by Gasteiger charge is -2.17. The average Bonchev–Trinajstić information content (AvgIpc) is 3.53. The smallest absolute Gasteiger partial charge is 0.414 e. The number of hydrogen-bond acceptors (Lipinski definition) is 7. The van der Waals surface area contributed by atoms with Gasteiger partial charge in [-0.3, -0.25) is 14.5 Å². The number of aromatic amines is 1. The number of cyclic esters (lactones) is 1. The second kappa shape index (κ2) is 11.0. The van der Waals surface area contributed by atoms with Gasteiger partial charge in [-0.05, 0) is 35.7 Å². The number of H-pyrrole nitrogens is 1. The Hall–Kier alpha value is -4.32. The van der Waals surface area contributed by atoms with Crippen molar-refractivity contribution in [2.24, 2.45) is 5.73 Å². The monoisotopic (exact) mass is 495 g/mol. The third-order valence-corrected chi connectivity index (χ3v) is 5.73. The largest absolute Gasteiger partial charge is 0.442 e. The van der Waals surface area contributed by atoms with Crippen LogP contribution in [0.4, 0.5) is 14.9 Å². The number of aromatic nitrogens is 3. The van der Waals surface area contributed by atoms with Crippen molar-refractivity contribution in [3.05, 3.63) is 65.7 Å². The summed E-state index contributed by atoms with van der Waals surface area (Å²) >= 11 is 0. The van der Waals surface area contributed by atoms with Crippen molar-refractivity contribution < 1.29 is 23.5 Å². The van der Waals surface area contributed by atoms with Gasteiger partial charge >= 0.3 is 6.09 Å². The summed E-state index contributed by atoms with van der Waals surface area (Å²) in [5, 5.41) is 15.8. The van der Waals surface area contributed by atoms with Gasteiger partial charge in [0.1, 0.15) is 17.6 Å². The molecule has 1 saturated heterocycles. The normalized spacial score (nSPS) is 15.9. The van der Waals surface area contributed by atoms with Crippen molar-refractivity contribution in [2.45, 2.75) is 25.5 Å². The molecule has 1 unspecified atom stereocenters. The molecule has 11 nitrogen and oxygen atoms in total. The van der Waals surface area contributed by atoms with Crippen molar-refractivity contribution in [2.75, 3.05) is 24.5 Å². The molecule has 0 saturated carbocycles. The summed E-state index contributed by atoms with van der Waals surface area (Å²) < 4.78 is 20.3. The number of nitrogens with one attached hydrogen (secondary N) is 3. The van der Waals surface area contributed by atoms with E-state index in [0.717, 1.165) is 5.56 Å². The predicted molar refractivity (Wildman–Crippen MR) is 128 cm³/mol. The Morgan fingerprint density at radius 1 is 1.28 bits per heavy atom. The Labute approximate surface area is 206 Å². The second-order valence-corrected chi connectivity index (χ2v) is 8.34. The van der Waals surface area contributed by atoms with E-state index in [1.165, 1.54) is 24.1 Å². The number of nitrogens with zero attached hydrogens (tertiary/aromatic N) is 3. The molecular weight excluding hydrogens is 469 g/mol. The zero-order valence-electron chi connectivity index (χ0n) is 19.5. The molecule has 2 heterocycles. The number of nitrogens with two attached hydrogens (primary N) is 1. The highest BCUT2D eigenvalue weighted by molar-refractivity contribution is 5.90. The van der Waals surface area contributed by atoms with Crippen LogP contribution in [-0.2, 0) is 20.7 Å². The molecule has 4 rings (SSSR count). The molecule has 36 heavy (non-hydrogen) atoms. The fraction of sp³-hybridized carbons (Fsp3) is 0.292. The average molecular weight is 496 g/mol. The highest BCUT2D eigenvalue weighted by Crippen LogP contribution is 2.29. The summed E-state index contributed by atoms with van der Waals surface area (Å²) in [6.07, 6.45) is 0.874. The molecule has 2 atom stereocenters. The summed E-state index contributed by atoms with van der Waals surface area (Å²) in [4.78, 5) is 36.5. The molecule has 1 aromatic heterocycles. The third-order valence-electron chi connectivity index (χ3n) is 5.73. The molecule has 3 amide bonds. The van der Waals surface area contributed by atoms with Gasteiger partial charge in [-0.25, -0.2) is 9.18 Å². The molecule has 12 heteroatoms. The number of halogens is 1. The summed E-state index contributed by atoms with van der Waals surface area (Å²) in [6.45, 7) is 1.63. The number of ether oxygens (including phenoxy) is 1. The molecule has 2 aromatic carbocycles. The number of hydrogen-bond donors (Lipinski definition) is 4. The Morgan fingerprint density at radius 2 is 2.06 bits per heavy atom. The predicted octanol–water partition coefficient (Wildman–Crippen LogP) is 1.43. The van der Waals surface area contributed by atoms with E-state index >= 15 is 4.39 Å². The van der Waals surface area contributed by atoms with Gasteiger partial charge in [0.05, 0.1) is 37.6 Å². The fourth-order valence-electron chi connectivity index (χ4n) is 3.92. The molecule has 0 radical (unpaired) electrons. The van der Waals surface area contributed by atoms with E-state index in [-0.39, 0.29) is 31.4 Å². The minimum Gasteiger partial charge on any atom is -0.442 e. The maximum absolute atomic E-state index is 15.0. The summed E-state index contributed by atoms with van der Waals surface area (Å²) in [7, 11) is 0. The minimum atomic E-state index is -0.592. The summed E-state index contributed by atoms with van der Waals surface area (Å²) in [5.74, 6) is -1.03. The van der Waals surface area contributed by atoms with E-state index < -0.39 is 24.1 Å². The first-order chi connectivity index (χ1) is 17.3. The number of anilines is 1. The maximum atomic E-state index is 15.0. The first kappa shape index (κ1) is 24.8. The number of carbonyl (C=O) groups excluding carboxylic acids is 3. The van der Waals surface area contributed by atoms with Gasteiger partial charge in [-0.2, -0.15) is 15.4 Å². The van der Waals surface area contributed by atoms with E-state index in [4.69, 9.17) is 10.5 Å². The first-order valence-corrected chi connectivity index (χ1v) is 11.3. The van der Waals surface area contributed by atoms with Crippen LogP contribution in [0.2, 0.25) is 0 Å². The third kappa shape index (κ3) is 5.84. The lowest BCUT2D eigenvalue weighted by molar-refractivity contribution is -0.120. The molecule has 0 aliphatic carbocycles. The van der Waals surface area contributed by atoms with Crippen LogP contribution in [0.5, 0.6) is 0 Å². The van der Waals surface area contributed by atoms with Crippen molar-refractivity contribution in [1.82, 2.24) is 26.0 Å². The molecule has 0 spiro atoms. The summed E-state index contributed by atoms with van der Waals surface area (Å²) in [6, 6.07) is 11.4. The zero-order chi connectivity index (χ0) is 25.7. The van der Waals surface area contributed by atoms with Crippen LogP contribution in [0.1, 0.15) is 24.2 Å². The second-order valence-electron chi connectivity index (χ2n) is 8.34. The number of carbonyl (C=O) groups is 3. The first-order valence-electron chi connectivity index (χ1n) is 11.3. The van der Waals surface area contributed by atoms with Crippen LogP contribution in [0.15, 0.2) is 48.7 Å². The zero-order valence-corrected chi connectivity index (χ0v) is 19.5. The molecule has 0 bridgehead atoms. The fourth-order valence-corrected chi connectivity index (χ4v) is 3.92. The van der Waals surface area contributed by atoms with Crippen LogP contribution in [0.3, 0.4) is 0 Å². The van der Waals surface area contributed by atoms with Gasteiger partial charge < -0.3 is 21.1 Å². The van der Waals surface area contributed by atoms with Crippen LogP contribution < -0.4 is 21.3 Å². The van der Waals surface area contributed by atoms with Gasteiger partial charge in [0, 0.05) is 12.5 Å². The van der Waals surface area contributed by atoms with E-state index in [0.29, 0.717) is 28.9 Å². The van der Waals surface area contributed by atoms with Gasteiger partial charge in [-0.1, -0.05) is 24.3 Å². The molecule has 1 aliphatic heterocycles. The maximum Gasteiger partial charge on any atom is 0.414 e. The van der Waals surface area contributed by atoms with E-state index in [2.05, 4.69) is 26.0 Å². The Kier molecular flexibility index (Phi) is 7.54. The van der Waals surface area contributed by atoms with Crippen LogP contribution in [-0.4, -0.2) is 59.1 Å². The van der Waals surface area contributed by atoms with Crippen molar-refractivity contribution >= 4 is 23.6 Å². The van der Waals surface area contributed by atoms with Crippen molar-refractivity contribution in [3.8, 4) is 11.1 Å². The van der Waals surface area contributed by atoms with E-state index in [1.54, 1.807) is 24.3 Å². The van der Waals surface area contributed by atoms with Gasteiger partial charge in [0.2, 0.25) is 11.8 Å². The molecular formula is C24H26FN7O4. The quantitative estimate of drug-likeness (QED) is 0.350. The molecule has 3 aromatic rings. The van der Waals surface area contributed by atoms with Crippen molar-refractivity contribution in [1.29, 1.82) is 0 Å². The number of rotatable bonds is 9.